The van der Waals surface area contributed by atoms with Gasteiger partial charge in [0.2, 0.25) is 10.0 Å². The lowest BCUT2D eigenvalue weighted by molar-refractivity contribution is 0.0732. The van der Waals surface area contributed by atoms with Crippen LogP contribution in [0.25, 0.3) is 11.0 Å². The minimum atomic E-state index is -3.24. The van der Waals surface area contributed by atoms with E-state index in [1.165, 1.54) is 0 Å². The van der Waals surface area contributed by atoms with Crippen molar-refractivity contribution in [1.82, 2.24) is 19.3 Å². The molecule has 172 valence electrons. The van der Waals surface area contributed by atoms with E-state index >= 15 is 0 Å². The van der Waals surface area contributed by atoms with Gasteiger partial charge < -0.3 is 15.0 Å². The summed E-state index contributed by atoms with van der Waals surface area (Å²) in [5.74, 6) is 1.63. The van der Waals surface area contributed by atoms with Crippen molar-refractivity contribution in [3.63, 3.8) is 0 Å². The monoisotopic (exact) mass is 449 g/mol. The van der Waals surface area contributed by atoms with Gasteiger partial charge in [0.25, 0.3) is 0 Å². The van der Waals surface area contributed by atoms with Crippen LogP contribution in [0.5, 0.6) is 0 Å². The van der Waals surface area contributed by atoms with Gasteiger partial charge in [0.05, 0.1) is 17.2 Å². The van der Waals surface area contributed by atoms with Crippen LogP contribution in [0.1, 0.15) is 51.9 Å². The van der Waals surface area contributed by atoms with Crippen LogP contribution in [0.3, 0.4) is 0 Å². The molecule has 1 atom stereocenters. The molecule has 2 aromatic heterocycles. The molecule has 2 N–H and O–H groups in total. The Kier molecular flexibility index (Phi) is 6.83. The number of nitrogens with one attached hydrogen (secondary N) is 1. The van der Waals surface area contributed by atoms with Crippen LogP contribution in [-0.2, 0) is 10.0 Å². The third kappa shape index (κ3) is 4.88. The molecule has 3 heterocycles. The highest BCUT2D eigenvalue weighted by Gasteiger charge is 2.34. The summed E-state index contributed by atoms with van der Waals surface area (Å²) < 4.78 is 27.6. The number of aliphatic hydroxyl groups excluding tert-OH is 1. The quantitative estimate of drug-likeness (QED) is 0.674. The van der Waals surface area contributed by atoms with E-state index in [9.17, 15) is 13.5 Å². The normalized spacial score (nSPS) is 25.0. The number of aromatic nitrogens is 3. The lowest BCUT2D eigenvalue weighted by atomic mass is 9.86. The first-order valence-corrected chi connectivity index (χ1v) is 13.2. The van der Waals surface area contributed by atoms with Gasteiger partial charge in [-0.25, -0.2) is 22.7 Å². The first kappa shape index (κ1) is 22.5. The average Bonchev–Trinajstić information content (AvgIpc) is 3.27. The zero-order chi connectivity index (χ0) is 22.0. The second-order valence-electron chi connectivity index (χ2n) is 9.21. The largest absolute Gasteiger partial charge is 0.393 e. The molecular weight excluding hydrogens is 414 g/mol. The van der Waals surface area contributed by atoms with Crippen molar-refractivity contribution in [2.75, 3.05) is 30.8 Å². The lowest BCUT2D eigenvalue weighted by Gasteiger charge is -2.37. The number of anilines is 1. The highest BCUT2D eigenvalue weighted by Crippen LogP contribution is 2.33. The van der Waals surface area contributed by atoms with Gasteiger partial charge in [0.15, 0.2) is 0 Å². The van der Waals surface area contributed by atoms with Crippen LogP contribution in [-0.4, -0.2) is 70.8 Å². The molecule has 1 aliphatic carbocycles. The smallest absolute Gasteiger partial charge is 0.214 e. The van der Waals surface area contributed by atoms with Crippen LogP contribution in [0.4, 0.5) is 5.82 Å². The van der Waals surface area contributed by atoms with Crippen LogP contribution in [0.15, 0.2) is 18.6 Å². The number of hydrogen-bond acceptors (Lipinski definition) is 6. The van der Waals surface area contributed by atoms with E-state index in [4.69, 9.17) is 0 Å². The van der Waals surface area contributed by atoms with Gasteiger partial charge in [-0.3, -0.25) is 0 Å². The summed E-state index contributed by atoms with van der Waals surface area (Å²) >= 11 is 0. The number of aliphatic hydroxyl groups is 1. The minimum Gasteiger partial charge on any atom is -0.393 e. The van der Waals surface area contributed by atoms with Crippen molar-refractivity contribution >= 4 is 26.9 Å². The van der Waals surface area contributed by atoms with Gasteiger partial charge in [0, 0.05) is 32.4 Å². The second kappa shape index (κ2) is 9.42. The van der Waals surface area contributed by atoms with E-state index in [1.54, 1.807) is 10.6 Å². The zero-order valence-corrected chi connectivity index (χ0v) is 19.4. The fourth-order valence-electron chi connectivity index (χ4n) is 5.29. The minimum absolute atomic E-state index is 0.214. The van der Waals surface area contributed by atoms with Gasteiger partial charge >= 0.3 is 0 Å². The molecule has 1 saturated heterocycles. The van der Waals surface area contributed by atoms with Gasteiger partial charge in [-0.05, 0) is 62.8 Å². The van der Waals surface area contributed by atoms with E-state index in [0.29, 0.717) is 19.1 Å². The molecule has 0 radical (unpaired) electrons. The summed E-state index contributed by atoms with van der Waals surface area (Å²) in [4.78, 5) is 14.1. The van der Waals surface area contributed by atoms with Crippen LogP contribution >= 0.6 is 0 Å². The van der Waals surface area contributed by atoms with Crippen molar-refractivity contribution in [1.29, 1.82) is 0 Å². The molecule has 0 amide bonds. The van der Waals surface area contributed by atoms with E-state index in [-0.39, 0.29) is 23.7 Å². The molecule has 0 bridgehead atoms. The van der Waals surface area contributed by atoms with Gasteiger partial charge in [-0.15, -0.1) is 0 Å². The molecular formula is C22H35N5O3S. The number of fused-ring (bicyclic) bond motifs is 1. The zero-order valence-electron chi connectivity index (χ0n) is 18.6. The van der Waals surface area contributed by atoms with E-state index in [1.807, 2.05) is 19.2 Å². The van der Waals surface area contributed by atoms with Crippen molar-refractivity contribution in [2.24, 2.45) is 11.8 Å². The summed E-state index contributed by atoms with van der Waals surface area (Å²) in [6.07, 6.45) is 9.20. The second-order valence-corrected chi connectivity index (χ2v) is 11.2. The van der Waals surface area contributed by atoms with Crippen molar-refractivity contribution < 1.29 is 13.5 Å². The first-order valence-electron chi connectivity index (χ1n) is 11.6. The van der Waals surface area contributed by atoms with Crippen LogP contribution in [0, 0.1) is 11.8 Å². The standard InChI is InChI=1S/C22H35N5O3S/c1-3-20(28)17-9-12-27(13-10-17)31(29,30)14-16-4-6-18(7-5-16)26(2)22-19-8-11-23-21(19)24-15-25-22/h8,11,15-18,20,28H,3-7,9-10,12-14H2,1-2H3,(H,23,24,25)/t16?,18?,20-/m0/s1. The first-order chi connectivity index (χ1) is 14.9. The summed E-state index contributed by atoms with van der Waals surface area (Å²) in [7, 11) is -1.16. The molecule has 31 heavy (non-hydrogen) atoms. The number of sulfonamides is 1. The van der Waals surface area contributed by atoms with Crippen LogP contribution < -0.4 is 4.90 Å². The third-order valence-corrected chi connectivity index (χ3v) is 9.38. The molecule has 2 aromatic rings. The molecule has 2 fully saturated rings. The number of aromatic amines is 1. The number of rotatable bonds is 7. The molecule has 8 nitrogen and oxygen atoms in total. The van der Waals surface area contributed by atoms with Gasteiger partial charge in [-0.2, -0.15) is 0 Å². The molecule has 1 saturated carbocycles. The average molecular weight is 450 g/mol. The van der Waals surface area contributed by atoms with Crippen molar-refractivity contribution in [3.05, 3.63) is 18.6 Å². The molecule has 4 rings (SSSR count). The molecule has 0 aromatic carbocycles. The highest BCUT2D eigenvalue weighted by molar-refractivity contribution is 7.89. The maximum Gasteiger partial charge on any atom is 0.214 e. The molecule has 9 heteroatoms. The Bertz CT molecular complexity index is 962. The summed E-state index contributed by atoms with van der Waals surface area (Å²) in [5, 5.41) is 11.1. The fourth-order valence-corrected chi connectivity index (χ4v) is 7.19. The SMILES string of the molecule is CC[C@H](O)C1CCN(S(=O)(=O)CC2CCC(N(C)c3ncnc4[nH]ccc34)CC2)CC1. The Hall–Kier alpha value is -1.71. The molecule has 1 aliphatic heterocycles. The Morgan fingerprint density at radius 1 is 1.19 bits per heavy atom. The van der Waals surface area contributed by atoms with Gasteiger partial charge in [0.1, 0.15) is 17.8 Å². The summed E-state index contributed by atoms with van der Waals surface area (Å²) in [6, 6.07) is 2.36. The lowest BCUT2D eigenvalue weighted by Crippen LogP contribution is -2.44. The van der Waals surface area contributed by atoms with Gasteiger partial charge in [-0.1, -0.05) is 6.92 Å². The molecule has 0 unspecified atom stereocenters. The highest BCUT2D eigenvalue weighted by atomic mass is 32.2. The Labute approximate surface area is 185 Å². The Morgan fingerprint density at radius 2 is 1.90 bits per heavy atom. The fraction of sp³-hybridized carbons (Fsp3) is 0.727. The predicted octanol–water partition coefficient (Wildman–Crippen LogP) is 2.77. The maximum absolute atomic E-state index is 13.0. The third-order valence-electron chi connectivity index (χ3n) is 7.33. The Morgan fingerprint density at radius 3 is 2.58 bits per heavy atom. The topological polar surface area (TPSA) is 102 Å². The summed E-state index contributed by atoms with van der Waals surface area (Å²) in [6.45, 7) is 3.07. The number of hydrogen-bond donors (Lipinski definition) is 2. The van der Waals surface area contributed by atoms with E-state index in [0.717, 1.165) is 61.8 Å². The number of nitrogens with zero attached hydrogens (tertiary/aromatic N) is 4. The van der Waals surface area contributed by atoms with E-state index < -0.39 is 10.0 Å². The number of H-pyrrole nitrogens is 1. The maximum atomic E-state index is 13.0. The molecule has 0 spiro atoms. The predicted molar refractivity (Wildman–Crippen MR) is 122 cm³/mol. The van der Waals surface area contributed by atoms with Crippen molar-refractivity contribution in [2.45, 2.75) is 64.0 Å². The summed E-state index contributed by atoms with van der Waals surface area (Å²) in [5.41, 5.74) is 0.840. The Balaban J connectivity index is 1.30. The number of piperidine rings is 1. The van der Waals surface area contributed by atoms with Crippen molar-refractivity contribution in [3.8, 4) is 0 Å². The molecule has 2 aliphatic rings. The van der Waals surface area contributed by atoms with Crippen LogP contribution in [0.2, 0.25) is 0 Å². The van der Waals surface area contributed by atoms with E-state index in [2.05, 4.69) is 26.9 Å².